The zero-order chi connectivity index (χ0) is 20.2. The Kier molecular flexibility index (Phi) is 5.24. The number of amides is 1. The van der Waals surface area contributed by atoms with Crippen LogP contribution in [0, 0.1) is 10.1 Å². The monoisotopic (exact) mass is 391 g/mol. The van der Waals surface area contributed by atoms with Gasteiger partial charge in [0.2, 0.25) is 0 Å². The third-order valence-electron chi connectivity index (χ3n) is 5.05. The van der Waals surface area contributed by atoms with Crippen molar-refractivity contribution in [1.29, 1.82) is 0 Å². The van der Waals surface area contributed by atoms with E-state index >= 15 is 0 Å². The maximum Gasteiger partial charge on any atom is 0.282 e. The number of carbonyl (C=O) groups excluding carboxylic acids is 1. The summed E-state index contributed by atoms with van der Waals surface area (Å²) in [5.41, 5.74) is 2.73. The van der Waals surface area contributed by atoms with Gasteiger partial charge in [-0.25, -0.2) is 4.98 Å². The molecule has 8 nitrogen and oxygen atoms in total. The van der Waals surface area contributed by atoms with Crippen molar-refractivity contribution >= 4 is 17.3 Å². The van der Waals surface area contributed by atoms with Crippen LogP contribution >= 0.6 is 0 Å². The molecule has 0 aliphatic carbocycles. The SMILES string of the molecule is O=C(c1cc(NCc2ccc(-n3ccnc3)cc2)ccc1[N+](=O)[O-])N1CCCC1. The Hall–Kier alpha value is -3.68. The van der Waals surface area contributed by atoms with Gasteiger partial charge in [0.15, 0.2) is 0 Å². The number of imidazole rings is 1. The Morgan fingerprint density at radius 1 is 1.14 bits per heavy atom. The van der Waals surface area contributed by atoms with Crippen LogP contribution in [0.1, 0.15) is 28.8 Å². The number of aromatic nitrogens is 2. The maximum absolute atomic E-state index is 12.7. The van der Waals surface area contributed by atoms with E-state index in [1.165, 1.54) is 6.07 Å². The topological polar surface area (TPSA) is 93.3 Å². The van der Waals surface area contributed by atoms with Crippen molar-refractivity contribution in [3.05, 3.63) is 82.4 Å². The fourth-order valence-corrected chi connectivity index (χ4v) is 3.47. The molecule has 1 aliphatic rings. The van der Waals surface area contributed by atoms with Crippen molar-refractivity contribution < 1.29 is 9.72 Å². The van der Waals surface area contributed by atoms with Gasteiger partial charge >= 0.3 is 0 Å². The second-order valence-electron chi connectivity index (χ2n) is 6.98. The molecule has 148 valence electrons. The summed E-state index contributed by atoms with van der Waals surface area (Å²) in [6.07, 6.45) is 7.22. The van der Waals surface area contributed by atoms with Crippen LogP contribution in [-0.2, 0) is 6.54 Å². The van der Waals surface area contributed by atoms with Gasteiger partial charge in [0.05, 0.1) is 11.3 Å². The Labute approximate surface area is 167 Å². The first kappa shape index (κ1) is 18.7. The first-order valence-corrected chi connectivity index (χ1v) is 9.51. The molecule has 0 unspecified atom stereocenters. The van der Waals surface area contributed by atoms with Gasteiger partial charge < -0.3 is 14.8 Å². The third kappa shape index (κ3) is 4.11. The van der Waals surface area contributed by atoms with Crippen LogP contribution in [0.3, 0.4) is 0 Å². The van der Waals surface area contributed by atoms with E-state index in [-0.39, 0.29) is 17.2 Å². The minimum Gasteiger partial charge on any atom is -0.381 e. The second kappa shape index (κ2) is 8.14. The van der Waals surface area contributed by atoms with E-state index in [0.717, 1.165) is 24.1 Å². The van der Waals surface area contributed by atoms with Gasteiger partial charge in [-0.1, -0.05) is 12.1 Å². The molecule has 0 radical (unpaired) electrons. The largest absolute Gasteiger partial charge is 0.381 e. The number of rotatable bonds is 6. The van der Waals surface area contributed by atoms with Crippen LogP contribution < -0.4 is 5.32 Å². The summed E-state index contributed by atoms with van der Waals surface area (Å²) >= 11 is 0. The summed E-state index contributed by atoms with van der Waals surface area (Å²) in [4.78, 5) is 29.3. The summed E-state index contributed by atoms with van der Waals surface area (Å²) in [5, 5.41) is 14.6. The summed E-state index contributed by atoms with van der Waals surface area (Å²) in [6, 6.07) is 12.6. The molecular weight excluding hydrogens is 370 g/mol. The summed E-state index contributed by atoms with van der Waals surface area (Å²) in [5.74, 6) is -0.275. The molecule has 1 amide bonds. The number of likely N-dealkylation sites (tertiary alicyclic amines) is 1. The van der Waals surface area contributed by atoms with Gasteiger partial charge in [-0.15, -0.1) is 0 Å². The van der Waals surface area contributed by atoms with E-state index in [9.17, 15) is 14.9 Å². The molecule has 1 fully saturated rings. The van der Waals surface area contributed by atoms with Gasteiger partial charge in [-0.05, 0) is 42.7 Å². The Morgan fingerprint density at radius 3 is 2.55 bits per heavy atom. The molecular formula is C21H21N5O3. The standard InChI is InChI=1S/C21H21N5O3/c27-21(24-10-1-2-11-24)19-13-17(5-8-20(19)26(28)29)23-14-16-3-6-18(7-4-16)25-12-9-22-15-25/h3-9,12-13,15,23H,1-2,10-11,14H2. The summed E-state index contributed by atoms with van der Waals surface area (Å²) in [7, 11) is 0. The molecule has 1 aliphatic heterocycles. The van der Waals surface area contributed by atoms with Crippen LogP contribution in [0.4, 0.5) is 11.4 Å². The highest BCUT2D eigenvalue weighted by atomic mass is 16.6. The van der Waals surface area contributed by atoms with E-state index in [4.69, 9.17) is 0 Å². The molecule has 2 heterocycles. The van der Waals surface area contributed by atoms with E-state index in [1.807, 2.05) is 35.0 Å². The fourth-order valence-electron chi connectivity index (χ4n) is 3.47. The molecule has 8 heteroatoms. The van der Waals surface area contributed by atoms with Gasteiger partial charge in [0.25, 0.3) is 11.6 Å². The number of carbonyl (C=O) groups is 1. The van der Waals surface area contributed by atoms with Crippen molar-refractivity contribution in [1.82, 2.24) is 14.5 Å². The van der Waals surface area contributed by atoms with Gasteiger partial charge in [-0.2, -0.15) is 0 Å². The van der Waals surface area contributed by atoms with Crippen molar-refractivity contribution in [2.24, 2.45) is 0 Å². The lowest BCUT2D eigenvalue weighted by Gasteiger charge is -2.16. The smallest absolute Gasteiger partial charge is 0.282 e. The predicted octanol–water partition coefficient (Wildman–Crippen LogP) is 3.63. The van der Waals surface area contributed by atoms with E-state index in [1.54, 1.807) is 29.6 Å². The number of nitrogens with zero attached hydrogens (tertiary/aromatic N) is 4. The van der Waals surface area contributed by atoms with Crippen molar-refractivity contribution in [3.63, 3.8) is 0 Å². The third-order valence-corrected chi connectivity index (χ3v) is 5.05. The molecule has 2 aromatic carbocycles. The van der Waals surface area contributed by atoms with Crippen LogP contribution in [-0.4, -0.2) is 38.4 Å². The minimum atomic E-state index is -0.498. The Bertz CT molecular complexity index is 1010. The maximum atomic E-state index is 12.7. The molecule has 0 atom stereocenters. The average molecular weight is 391 g/mol. The highest BCUT2D eigenvalue weighted by Gasteiger charge is 2.26. The lowest BCUT2D eigenvalue weighted by Crippen LogP contribution is -2.28. The number of nitro benzene ring substituents is 1. The number of nitrogens with one attached hydrogen (secondary N) is 1. The number of hydrogen-bond donors (Lipinski definition) is 1. The van der Waals surface area contributed by atoms with Crippen molar-refractivity contribution in [2.45, 2.75) is 19.4 Å². The lowest BCUT2D eigenvalue weighted by atomic mass is 10.1. The summed E-state index contributed by atoms with van der Waals surface area (Å²) in [6.45, 7) is 1.84. The highest BCUT2D eigenvalue weighted by molar-refractivity contribution is 5.99. The molecule has 0 spiro atoms. The minimum absolute atomic E-state index is 0.136. The van der Waals surface area contributed by atoms with E-state index < -0.39 is 4.92 Å². The molecule has 3 aromatic rings. The number of anilines is 1. The molecule has 0 saturated carbocycles. The molecule has 1 aromatic heterocycles. The Balaban J connectivity index is 1.49. The quantitative estimate of drug-likeness (QED) is 0.512. The Morgan fingerprint density at radius 2 is 1.90 bits per heavy atom. The molecule has 1 saturated heterocycles. The van der Waals surface area contributed by atoms with Gasteiger partial charge in [-0.3, -0.25) is 14.9 Å². The number of nitro groups is 1. The van der Waals surface area contributed by atoms with Crippen LogP contribution in [0.2, 0.25) is 0 Å². The molecule has 0 bridgehead atoms. The van der Waals surface area contributed by atoms with Crippen molar-refractivity contribution in [2.75, 3.05) is 18.4 Å². The number of benzene rings is 2. The molecule has 1 N–H and O–H groups in total. The van der Waals surface area contributed by atoms with Crippen molar-refractivity contribution in [3.8, 4) is 5.69 Å². The lowest BCUT2D eigenvalue weighted by molar-refractivity contribution is -0.385. The number of hydrogen-bond acceptors (Lipinski definition) is 5. The van der Waals surface area contributed by atoms with Gasteiger partial charge in [0.1, 0.15) is 5.56 Å². The highest BCUT2D eigenvalue weighted by Crippen LogP contribution is 2.26. The predicted molar refractivity (Wildman–Crippen MR) is 109 cm³/mol. The second-order valence-corrected chi connectivity index (χ2v) is 6.98. The van der Waals surface area contributed by atoms with E-state index in [2.05, 4.69) is 10.3 Å². The zero-order valence-corrected chi connectivity index (χ0v) is 15.8. The van der Waals surface area contributed by atoms with E-state index in [0.29, 0.717) is 25.3 Å². The fraction of sp³-hybridized carbons (Fsp3) is 0.238. The molecule has 4 rings (SSSR count). The molecule has 29 heavy (non-hydrogen) atoms. The normalized spacial score (nSPS) is 13.4. The first-order valence-electron chi connectivity index (χ1n) is 9.51. The van der Waals surface area contributed by atoms with Crippen LogP contribution in [0.25, 0.3) is 5.69 Å². The average Bonchev–Trinajstić information content (AvgIpc) is 3.46. The van der Waals surface area contributed by atoms with Crippen LogP contribution in [0.5, 0.6) is 0 Å². The van der Waals surface area contributed by atoms with Gasteiger partial charge in [0, 0.05) is 49.5 Å². The first-order chi connectivity index (χ1) is 14.1. The summed E-state index contributed by atoms with van der Waals surface area (Å²) < 4.78 is 1.92. The van der Waals surface area contributed by atoms with Crippen LogP contribution in [0.15, 0.2) is 61.2 Å². The zero-order valence-electron chi connectivity index (χ0n) is 15.8.